The number of Topliss-reactive ketones (excluding diaryl/α,β-unsaturated/α-hetero) is 1. The molecule has 1 aliphatic rings. The summed E-state index contributed by atoms with van der Waals surface area (Å²) in [6, 6.07) is 11.4. The van der Waals surface area contributed by atoms with Crippen LogP contribution in [0.4, 0.5) is 0 Å². The number of fused-ring (bicyclic) bond motifs is 1. The van der Waals surface area contributed by atoms with Gasteiger partial charge in [0.15, 0.2) is 5.78 Å². The zero-order valence-corrected chi connectivity index (χ0v) is 15.7. The molecule has 2 aromatic carbocycles. The molecule has 0 saturated carbocycles. The summed E-state index contributed by atoms with van der Waals surface area (Å²) < 4.78 is 0. The van der Waals surface area contributed by atoms with Crippen molar-refractivity contribution in [2.45, 2.75) is 26.7 Å². The van der Waals surface area contributed by atoms with Crippen molar-refractivity contribution < 1.29 is 4.79 Å². The van der Waals surface area contributed by atoms with Crippen LogP contribution < -0.4 is 0 Å². The highest BCUT2D eigenvalue weighted by Crippen LogP contribution is 2.36. The van der Waals surface area contributed by atoms with Crippen LogP contribution in [0.5, 0.6) is 0 Å². The summed E-state index contributed by atoms with van der Waals surface area (Å²) in [5, 5.41) is 1.20. The van der Waals surface area contributed by atoms with Gasteiger partial charge in [-0.15, -0.1) is 5.73 Å². The monoisotopic (exact) mass is 368 g/mol. The first-order valence-corrected chi connectivity index (χ1v) is 9.00. The second-order valence-corrected chi connectivity index (χ2v) is 6.89. The molecule has 25 heavy (non-hydrogen) atoms. The first-order valence-electron chi connectivity index (χ1n) is 8.25. The lowest BCUT2D eigenvalue weighted by Gasteiger charge is -2.18. The maximum atomic E-state index is 12.2. The maximum absolute atomic E-state index is 12.2. The van der Waals surface area contributed by atoms with Crippen molar-refractivity contribution in [2.75, 3.05) is 0 Å². The van der Waals surface area contributed by atoms with E-state index >= 15 is 0 Å². The van der Waals surface area contributed by atoms with Crippen LogP contribution in [0.15, 0.2) is 59.9 Å². The van der Waals surface area contributed by atoms with E-state index in [1.165, 1.54) is 0 Å². The van der Waals surface area contributed by atoms with Crippen molar-refractivity contribution >= 4 is 34.6 Å². The molecule has 0 aromatic heterocycles. The Balaban J connectivity index is 2.30. The van der Waals surface area contributed by atoms with Gasteiger partial charge in [-0.25, -0.2) is 0 Å². The Kier molecular flexibility index (Phi) is 5.30. The Hall–Kier alpha value is -2.05. The smallest absolute Gasteiger partial charge is 0.162 e. The quantitative estimate of drug-likeness (QED) is 0.436. The molecular formula is C22H18Cl2O. The number of halogens is 2. The molecule has 0 N–H and O–H groups in total. The van der Waals surface area contributed by atoms with Gasteiger partial charge in [-0.3, -0.25) is 4.79 Å². The van der Waals surface area contributed by atoms with Crippen molar-refractivity contribution in [1.29, 1.82) is 0 Å². The van der Waals surface area contributed by atoms with Gasteiger partial charge in [0.05, 0.1) is 0 Å². The number of rotatable bonds is 3. The fraction of sp³-hybridized carbons (Fsp3) is 0.182. The molecule has 0 fully saturated rings. The van der Waals surface area contributed by atoms with Gasteiger partial charge in [0, 0.05) is 27.6 Å². The van der Waals surface area contributed by atoms with Gasteiger partial charge in [0.2, 0.25) is 0 Å². The molecule has 0 bridgehead atoms. The minimum Gasteiger partial charge on any atom is -0.294 e. The van der Waals surface area contributed by atoms with Crippen molar-refractivity contribution in [2.24, 2.45) is 0 Å². The molecule has 0 radical (unpaired) electrons. The van der Waals surface area contributed by atoms with Gasteiger partial charge in [0.1, 0.15) is 0 Å². The van der Waals surface area contributed by atoms with E-state index in [4.69, 9.17) is 23.2 Å². The SMILES string of the molecule is CCC(=O)c1ccc2c(c1)/C(c1ccc(Cl)cc1Cl)=C(/C)C=C=CC2. The molecule has 1 nitrogen and oxygen atoms in total. The van der Waals surface area contributed by atoms with E-state index in [9.17, 15) is 4.79 Å². The molecule has 3 heteroatoms. The van der Waals surface area contributed by atoms with Crippen LogP contribution in [0.3, 0.4) is 0 Å². The summed E-state index contributed by atoms with van der Waals surface area (Å²) in [5.74, 6) is 0.134. The first kappa shape index (κ1) is 17.8. The van der Waals surface area contributed by atoms with E-state index < -0.39 is 0 Å². The Morgan fingerprint density at radius 1 is 1.12 bits per heavy atom. The summed E-state index contributed by atoms with van der Waals surface area (Å²) in [6.45, 7) is 3.91. The van der Waals surface area contributed by atoms with E-state index in [1.54, 1.807) is 6.07 Å². The normalized spacial score (nSPS) is 16.3. The van der Waals surface area contributed by atoms with Gasteiger partial charge >= 0.3 is 0 Å². The molecule has 3 rings (SSSR count). The van der Waals surface area contributed by atoms with Crippen LogP contribution in [0.25, 0.3) is 5.57 Å². The van der Waals surface area contributed by atoms with Crippen LogP contribution in [0.2, 0.25) is 10.0 Å². The average Bonchev–Trinajstić information content (AvgIpc) is 2.59. The molecule has 0 amide bonds. The minimum atomic E-state index is 0.134. The Morgan fingerprint density at radius 2 is 1.92 bits per heavy atom. The van der Waals surface area contributed by atoms with Crippen LogP contribution in [0.1, 0.15) is 47.3 Å². The number of allylic oxidation sites excluding steroid dienone is 2. The second kappa shape index (κ2) is 7.45. The Morgan fingerprint density at radius 3 is 2.64 bits per heavy atom. The summed E-state index contributed by atoms with van der Waals surface area (Å²) in [4.78, 5) is 12.2. The van der Waals surface area contributed by atoms with Gasteiger partial charge in [-0.05, 0) is 66.0 Å². The molecular weight excluding hydrogens is 351 g/mol. The third kappa shape index (κ3) is 3.65. The molecule has 0 atom stereocenters. The summed E-state index contributed by atoms with van der Waals surface area (Å²) in [5.41, 5.74) is 9.09. The largest absolute Gasteiger partial charge is 0.294 e. The molecule has 0 spiro atoms. The average molecular weight is 369 g/mol. The van der Waals surface area contributed by atoms with E-state index in [0.29, 0.717) is 16.5 Å². The predicted octanol–water partition coefficient (Wildman–Crippen LogP) is 6.68. The van der Waals surface area contributed by atoms with Crippen LogP contribution >= 0.6 is 23.2 Å². The maximum Gasteiger partial charge on any atom is 0.162 e. The fourth-order valence-electron chi connectivity index (χ4n) is 3.05. The number of carbonyl (C=O) groups excluding carboxylic acids is 1. The van der Waals surface area contributed by atoms with E-state index in [0.717, 1.165) is 39.8 Å². The highest BCUT2D eigenvalue weighted by molar-refractivity contribution is 6.36. The summed E-state index contributed by atoms with van der Waals surface area (Å²) >= 11 is 12.6. The Labute approximate surface area is 158 Å². The van der Waals surface area contributed by atoms with E-state index in [1.807, 2.05) is 56.3 Å². The summed E-state index contributed by atoms with van der Waals surface area (Å²) in [6.07, 6.45) is 5.20. The second-order valence-electron chi connectivity index (χ2n) is 6.05. The van der Waals surface area contributed by atoms with Gasteiger partial charge in [-0.1, -0.05) is 48.3 Å². The van der Waals surface area contributed by atoms with Crippen LogP contribution in [-0.4, -0.2) is 5.78 Å². The van der Waals surface area contributed by atoms with Gasteiger partial charge in [-0.2, -0.15) is 0 Å². The third-order valence-electron chi connectivity index (χ3n) is 4.36. The van der Waals surface area contributed by atoms with Crippen molar-refractivity contribution in [1.82, 2.24) is 0 Å². The lowest BCUT2D eigenvalue weighted by Crippen LogP contribution is -2.03. The fourth-order valence-corrected chi connectivity index (χ4v) is 3.55. The molecule has 0 unspecified atom stereocenters. The number of benzene rings is 2. The summed E-state index contributed by atoms with van der Waals surface area (Å²) in [7, 11) is 0. The first-order chi connectivity index (χ1) is 12.0. The highest BCUT2D eigenvalue weighted by atomic mass is 35.5. The number of carbonyl (C=O) groups is 1. The number of hydrogen-bond acceptors (Lipinski definition) is 1. The van der Waals surface area contributed by atoms with Gasteiger partial charge in [0.25, 0.3) is 0 Å². The van der Waals surface area contributed by atoms with Crippen molar-refractivity contribution in [3.63, 3.8) is 0 Å². The van der Waals surface area contributed by atoms with Crippen molar-refractivity contribution in [3.05, 3.63) is 92.2 Å². The topological polar surface area (TPSA) is 17.1 Å². The van der Waals surface area contributed by atoms with Crippen LogP contribution in [0, 0.1) is 0 Å². The standard InChI is InChI=1S/C22H18Cl2O/c1-3-21(25)16-9-8-15-7-5-4-6-14(2)22(19(15)12-16)18-11-10-17(23)13-20(18)24/h5-6,8-13H,3,7H2,1-2H3/b22-14-. The molecule has 0 aliphatic heterocycles. The molecule has 126 valence electrons. The third-order valence-corrected chi connectivity index (χ3v) is 4.90. The number of ketones is 1. The Bertz CT molecular complexity index is 944. The van der Waals surface area contributed by atoms with E-state index in [-0.39, 0.29) is 5.78 Å². The minimum absolute atomic E-state index is 0.134. The molecule has 0 saturated heterocycles. The number of hydrogen-bond donors (Lipinski definition) is 0. The predicted molar refractivity (Wildman–Crippen MR) is 106 cm³/mol. The zero-order valence-electron chi connectivity index (χ0n) is 14.2. The molecule has 2 aromatic rings. The molecule has 0 heterocycles. The van der Waals surface area contributed by atoms with E-state index in [2.05, 4.69) is 5.73 Å². The highest BCUT2D eigenvalue weighted by Gasteiger charge is 2.18. The lowest BCUT2D eigenvalue weighted by molar-refractivity contribution is 0.0988. The lowest BCUT2D eigenvalue weighted by atomic mass is 9.86. The molecule has 1 aliphatic carbocycles. The van der Waals surface area contributed by atoms with Crippen molar-refractivity contribution in [3.8, 4) is 0 Å². The van der Waals surface area contributed by atoms with Gasteiger partial charge < -0.3 is 0 Å². The zero-order chi connectivity index (χ0) is 18.0. The van der Waals surface area contributed by atoms with Crippen LogP contribution in [-0.2, 0) is 6.42 Å².